The summed E-state index contributed by atoms with van der Waals surface area (Å²) < 4.78 is 5.17. The minimum atomic E-state index is 0.344. The molecule has 0 N–H and O–H groups in total. The average Bonchev–Trinajstić information content (AvgIpc) is 2.73. The molecule has 0 atom stereocenters. The Hall–Kier alpha value is -0.120. The average molecular weight is 254 g/mol. The van der Waals surface area contributed by atoms with Gasteiger partial charge in [-0.15, -0.1) is 0 Å². The van der Waals surface area contributed by atoms with E-state index in [-0.39, 0.29) is 0 Å². The predicted molar refractivity (Wildman–Crippen MR) is 75.9 cm³/mol. The third kappa shape index (κ3) is 3.25. The molecule has 0 aliphatic carbocycles. The molecule has 2 saturated heterocycles. The molecular weight excluding hydrogens is 224 g/mol. The highest BCUT2D eigenvalue weighted by atomic mass is 16.5. The minimum absolute atomic E-state index is 0.344. The van der Waals surface area contributed by atoms with E-state index in [2.05, 4.69) is 30.6 Å². The zero-order chi connectivity index (χ0) is 13.2. The summed E-state index contributed by atoms with van der Waals surface area (Å²) >= 11 is 0. The van der Waals surface area contributed by atoms with Crippen LogP contribution in [-0.4, -0.2) is 61.8 Å². The maximum Gasteiger partial charge on any atom is 0.0589 e. The van der Waals surface area contributed by atoms with Crippen LogP contribution >= 0.6 is 0 Å². The predicted octanol–water partition coefficient (Wildman–Crippen LogP) is 2.22. The summed E-state index contributed by atoms with van der Waals surface area (Å²) in [6, 6.07) is 0. The third-order valence-electron chi connectivity index (χ3n) is 4.92. The van der Waals surface area contributed by atoms with Gasteiger partial charge in [0.2, 0.25) is 0 Å². The molecule has 2 fully saturated rings. The lowest BCUT2D eigenvalue weighted by molar-refractivity contribution is 0.0706. The Kier molecular flexibility index (Phi) is 4.35. The molecule has 0 bridgehead atoms. The standard InChI is InChI=1S/C15H30N2O/c1-14(2,3)17-10-7-15(13-17)5-8-16(9-6-15)11-12-18-4/h5-13H2,1-4H3. The van der Waals surface area contributed by atoms with E-state index in [1.165, 1.54) is 45.4 Å². The van der Waals surface area contributed by atoms with E-state index in [9.17, 15) is 0 Å². The molecule has 0 amide bonds. The molecule has 0 saturated carbocycles. The number of nitrogens with zero attached hydrogens (tertiary/aromatic N) is 2. The quantitative estimate of drug-likeness (QED) is 0.768. The zero-order valence-electron chi connectivity index (χ0n) is 12.7. The Morgan fingerprint density at radius 3 is 2.17 bits per heavy atom. The number of ether oxygens (including phenoxy) is 1. The second-order valence-electron chi connectivity index (χ2n) is 7.18. The van der Waals surface area contributed by atoms with E-state index in [1.54, 1.807) is 7.11 Å². The van der Waals surface area contributed by atoms with E-state index in [0.717, 1.165) is 13.2 Å². The highest BCUT2D eigenvalue weighted by Crippen LogP contribution is 2.42. The molecule has 0 radical (unpaired) electrons. The van der Waals surface area contributed by atoms with Gasteiger partial charge in [-0.3, -0.25) is 4.90 Å². The van der Waals surface area contributed by atoms with Crippen LogP contribution in [0.5, 0.6) is 0 Å². The maximum atomic E-state index is 5.17. The molecule has 0 aromatic heterocycles. The van der Waals surface area contributed by atoms with Gasteiger partial charge in [0.15, 0.2) is 0 Å². The lowest BCUT2D eigenvalue weighted by Crippen LogP contribution is -2.45. The smallest absolute Gasteiger partial charge is 0.0589 e. The van der Waals surface area contributed by atoms with Crippen LogP contribution in [0.2, 0.25) is 0 Å². The van der Waals surface area contributed by atoms with Gasteiger partial charge in [-0.1, -0.05) is 0 Å². The topological polar surface area (TPSA) is 15.7 Å². The minimum Gasteiger partial charge on any atom is -0.383 e. The van der Waals surface area contributed by atoms with Gasteiger partial charge in [-0.05, 0) is 65.1 Å². The monoisotopic (exact) mass is 254 g/mol. The van der Waals surface area contributed by atoms with E-state index in [0.29, 0.717) is 11.0 Å². The summed E-state index contributed by atoms with van der Waals surface area (Å²) in [5, 5.41) is 0. The fraction of sp³-hybridized carbons (Fsp3) is 1.00. The summed E-state index contributed by atoms with van der Waals surface area (Å²) in [6.45, 7) is 14.2. The number of hydrogen-bond acceptors (Lipinski definition) is 3. The van der Waals surface area contributed by atoms with Crippen molar-refractivity contribution in [3.63, 3.8) is 0 Å². The van der Waals surface area contributed by atoms with Gasteiger partial charge in [0, 0.05) is 25.7 Å². The summed E-state index contributed by atoms with van der Waals surface area (Å²) in [6.07, 6.45) is 4.16. The van der Waals surface area contributed by atoms with Gasteiger partial charge >= 0.3 is 0 Å². The highest BCUT2D eigenvalue weighted by molar-refractivity contribution is 4.96. The zero-order valence-corrected chi connectivity index (χ0v) is 12.7. The number of rotatable bonds is 3. The van der Waals surface area contributed by atoms with Crippen LogP contribution in [0.25, 0.3) is 0 Å². The molecule has 0 unspecified atom stereocenters. The van der Waals surface area contributed by atoms with Crippen LogP contribution in [0.3, 0.4) is 0 Å². The normalized spacial score (nSPS) is 26.0. The van der Waals surface area contributed by atoms with Gasteiger partial charge in [-0.2, -0.15) is 0 Å². The Morgan fingerprint density at radius 2 is 1.67 bits per heavy atom. The molecule has 18 heavy (non-hydrogen) atoms. The number of piperidine rings is 1. The van der Waals surface area contributed by atoms with Gasteiger partial charge in [-0.25, -0.2) is 0 Å². The first kappa shape index (κ1) is 14.3. The van der Waals surface area contributed by atoms with E-state index in [4.69, 9.17) is 4.74 Å². The second-order valence-corrected chi connectivity index (χ2v) is 7.18. The molecule has 1 spiro atoms. The van der Waals surface area contributed by atoms with Crippen molar-refractivity contribution >= 4 is 0 Å². The molecule has 3 heteroatoms. The van der Waals surface area contributed by atoms with Crippen LogP contribution in [0.15, 0.2) is 0 Å². The molecule has 3 nitrogen and oxygen atoms in total. The van der Waals surface area contributed by atoms with Crippen molar-refractivity contribution < 1.29 is 4.74 Å². The van der Waals surface area contributed by atoms with Crippen LogP contribution in [0.1, 0.15) is 40.0 Å². The largest absolute Gasteiger partial charge is 0.383 e. The fourth-order valence-electron chi connectivity index (χ4n) is 3.39. The Labute approximate surface area is 112 Å². The van der Waals surface area contributed by atoms with Crippen LogP contribution in [0.4, 0.5) is 0 Å². The first-order valence-corrected chi connectivity index (χ1v) is 7.42. The molecule has 0 aromatic carbocycles. The van der Waals surface area contributed by atoms with Crippen molar-refractivity contribution in [2.24, 2.45) is 5.41 Å². The van der Waals surface area contributed by atoms with Gasteiger partial charge in [0.25, 0.3) is 0 Å². The van der Waals surface area contributed by atoms with Crippen molar-refractivity contribution in [3.8, 4) is 0 Å². The summed E-state index contributed by atoms with van der Waals surface area (Å²) in [5.74, 6) is 0. The Bertz CT molecular complexity index is 264. The molecule has 2 heterocycles. The molecule has 2 aliphatic rings. The van der Waals surface area contributed by atoms with Gasteiger partial charge in [0.05, 0.1) is 6.61 Å². The molecule has 2 rings (SSSR count). The fourth-order valence-corrected chi connectivity index (χ4v) is 3.39. The summed E-state index contributed by atoms with van der Waals surface area (Å²) in [7, 11) is 1.80. The molecule has 106 valence electrons. The van der Waals surface area contributed by atoms with Crippen molar-refractivity contribution in [2.75, 3.05) is 46.4 Å². The Morgan fingerprint density at radius 1 is 1.06 bits per heavy atom. The van der Waals surface area contributed by atoms with Gasteiger partial charge < -0.3 is 9.64 Å². The van der Waals surface area contributed by atoms with Crippen LogP contribution in [0, 0.1) is 5.41 Å². The molecule has 2 aliphatic heterocycles. The van der Waals surface area contributed by atoms with Crippen LogP contribution < -0.4 is 0 Å². The number of hydrogen-bond donors (Lipinski definition) is 0. The maximum absolute atomic E-state index is 5.17. The van der Waals surface area contributed by atoms with E-state index < -0.39 is 0 Å². The number of methoxy groups -OCH3 is 1. The Balaban J connectivity index is 1.82. The molecular formula is C15H30N2O. The van der Waals surface area contributed by atoms with Crippen molar-refractivity contribution in [1.29, 1.82) is 0 Å². The first-order chi connectivity index (χ1) is 8.45. The second kappa shape index (κ2) is 5.48. The SMILES string of the molecule is COCCN1CCC2(CC1)CCN(C(C)(C)C)C2. The number of likely N-dealkylation sites (tertiary alicyclic amines) is 2. The summed E-state index contributed by atoms with van der Waals surface area (Å²) in [4.78, 5) is 5.24. The lowest BCUT2D eigenvalue weighted by atomic mass is 9.77. The van der Waals surface area contributed by atoms with Crippen molar-refractivity contribution in [1.82, 2.24) is 9.80 Å². The third-order valence-corrected chi connectivity index (χ3v) is 4.92. The van der Waals surface area contributed by atoms with Crippen molar-refractivity contribution in [3.05, 3.63) is 0 Å². The van der Waals surface area contributed by atoms with E-state index in [1.807, 2.05) is 0 Å². The van der Waals surface area contributed by atoms with Crippen LogP contribution in [-0.2, 0) is 4.74 Å². The van der Waals surface area contributed by atoms with Gasteiger partial charge in [0.1, 0.15) is 0 Å². The first-order valence-electron chi connectivity index (χ1n) is 7.42. The van der Waals surface area contributed by atoms with Crippen molar-refractivity contribution in [2.45, 2.75) is 45.6 Å². The highest BCUT2D eigenvalue weighted by Gasteiger charge is 2.42. The summed E-state index contributed by atoms with van der Waals surface area (Å²) in [5.41, 5.74) is 0.966. The van der Waals surface area contributed by atoms with E-state index >= 15 is 0 Å². The lowest BCUT2D eigenvalue weighted by Gasteiger charge is -2.41. The molecule has 0 aromatic rings.